The molecule has 0 radical (unpaired) electrons. The number of sulfonamides is 1. The molecule has 4 aliphatic rings. The van der Waals surface area contributed by atoms with E-state index >= 15 is 4.39 Å². The molecule has 5 heterocycles. The minimum atomic E-state index is -3.70. The number of rotatable bonds is 11. The molecule has 4 aliphatic heterocycles. The summed E-state index contributed by atoms with van der Waals surface area (Å²) in [6, 6.07) is 18.0. The average molecular weight is 853 g/mol. The number of benzene rings is 3. The minimum Gasteiger partial charge on any atom is -0.371 e. The van der Waals surface area contributed by atoms with Crippen molar-refractivity contribution in [2.24, 2.45) is 0 Å². The molecule has 8 rings (SSSR count). The van der Waals surface area contributed by atoms with Gasteiger partial charge in [0, 0.05) is 109 Å². The number of fused-ring (bicyclic) bond motifs is 1. The fraction of sp³-hybridized carbons (Fsp3) is 0.432. The van der Waals surface area contributed by atoms with Crippen molar-refractivity contribution in [1.82, 2.24) is 34.7 Å². The second-order valence-electron chi connectivity index (χ2n) is 17.4. The fourth-order valence-corrected chi connectivity index (χ4v) is 10.1. The van der Waals surface area contributed by atoms with Crippen molar-refractivity contribution in [2.75, 3.05) is 54.8 Å². The topological polar surface area (TPSA) is 172 Å². The van der Waals surface area contributed by atoms with Crippen LogP contribution in [0.2, 0.25) is 0 Å². The van der Waals surface area contributed by atoms with E-state index in [-0.39, 0.29) is 41.9 Å². The van der Waals surface area contributed by atoms with Gasteiger partial charge in [0.25, 0.3) is 5.91 Å². The number of hydrogen-bond acceptors (Lipinski definition) is 12. The highest BCUT2D eigenvalue weighted by atomic mass is 32.2. The molecule has 322 valence electrons. The van der Waals surface area contributed by atoms with Gasteiger partial charge < -0.3 is 20.4 Å². The molecular formula is C44H53FN10O5S. The molecule has 1 aromatic heterocycles. The fourth-order valence-electron chi connectivity index (χ4n) is 8.64. The van der Waals surface area contributed by atoms with Gasteiger partial charge in [-0.25, -0.2) is 22.5 Å². The Kier molecular flexibility index (Phi) is 11.8. The number of carbonyl (C=O) groups is 3. The number of amides is 3. The number of imide groups is 1. The monoisotopic (exact) mass is 852 g/mol. The summed E-state index contributed by atoms with van der Waals surface area (Å²) in [4.78, 5) is 55.1. The lowest BCUT2D eigenvalue weighted by atomic mass is 10.0. The number of piperidine rings is 2. The number of carbonyl (C=O) groups excluding carboxylic acids is 3. The van der Waals surface area contributed by atoms with E-state index in [0.717, 1.165) is 69.0 Å². The maximum atomic E-state index is 15.8. The Balaban J connectivity index is 0.803. The Hall–Kier alpha value is -5.49. The molecule has 0 spiro atoms. The van der Waals surface area contributed by atoms with Crippen LogP contribution in [0, 0.1) is 12.7 Å². The van der Waals surface area contributed by atoms with Crippen LogP contribution >= 0.6 is 0 Å². The standard InChI is InChI=1S/C44H53FN10O5S/c1-28-25-46-43(50-40(28)47-31-6-5-7-34(24-31)61(59,60)51-44(2,3)4)48-30-9-11-32(12-10-30)53-18-16-33(17-19-53)54-22-20-52(21-23-54)26-29-8-13-35-36(39(29)45)27-55(42(35)58)37-14-15-38(56)49-41(37)57/h5-13,24-25,33,37,51H,14-23,26-27H2,1-4H3,(H,49,56,57)(H2,46,47,48,50). The van der Waals surface area contributed by atoms with Crippen LogP contribution in [0.15, 0.2) is 71.8 Å². The van der Waals surface area contributed by atoms with Crippen molar-refractivity contribution in [2.45, 2.75) is 89.0 Å². The van der Waals surface area contributed by atoms with Gasteiger partial charge in [0.05, 0.1) is 11.4 Å². The molecule has 4 aromatic rings. The van der Waals surface area contributed by atoms with Crippen molar-refractivity contribution in [3.8, 4) is 0 Å². The zero-order valence-corrected chi connectivity index (χ0v) is 35.8. The molecule has 15 nitrogen and oxygen atoms in total. The molecule has 17 heteroatoms. The van der Waals surface area contributed by atoms with Crippen molar-refractivity contribution >= 4 is 56.6 Å². The number of aryl methyl sites for hydroxylation is 1. The highest BCUT2D eigenvalue weighted by Crippen LogP contribution is 2.32. The molecular weight excluding hydrogens is 800 g/mol. The number of aromatic nitrogens is 2. The lowest BCUT2D eigenvalue weighted by molar-refractivity contribution is -0.136. The average Bonchev–Trinajstić information content (AvgIpc) is 3.56. The highest BCUT2D eigenvalue weighted by Gasteiger charge is 2.41. The zero-order chi connectivity index (χ0) is 43.1. The number of nitrogens with zero attached hydrogens (tertiary/aromatic N) is 6. The molecule has 3 fully saturated rings. The van der Waals surface area contributed by atoms with Gasteiger partial charge in [-0.3, -0.25) is 29.5 Å². The van der Waals surface area contributed by atoms with Crippen LogP contribution in [0.5, 0.6) is 0 Å². The quantitative estimate of drug-likeness (QED) is 0.149. The van der Waals surface area contributed by atoms with E-state index in [9.17, 15) is 22.8 Å². The van der Waals surface area contributed by atoms with Crippen molar-refractivity contribution < 1.29 is 27.2 Å². The highest BCUT2D eigenvalue weighted by molar-refractivity contribution is 7.89. The first-order valence-corrected chi connectivity index (χ1v) is 22.4. The van der Waals surface area contributed by atoms with Crippen LogP contribution < -0.4 is 25.6 Å². The minimum absolute atomic E-state index is 0.0294. The van der Waals surface area contributed by atoms with Gasteiger partial charge in [0.1, 0.15) is 17.7 Å². The van der Waals surface area contributed by atoms with Gasteiger partial charge in [0.15, 0.2) is 0 Å². The lowest BCUT2D eigenvalue weighted by Gasteiger charge is -2.43. The van der Waals surface area contributed by atoms with E-state index in [1.807, 2.05) is 19.1 Å². The molecule has 61 heavy (non-hydrogen) atoms. The summed E-state index contributed by atoms with van der Waals surface area (Å²) in [5.74, 6) is -0.632. The van der Waals surface area contributed by atoms with E-state index in [1.165, 1.54) is 4.90 Å². The molecule has 3 amide bonds. The van der Waals surface area contributed by atoms with Crippen LogP contribution in [0.25, 0.3) is 0 Å². The lowest BCUT2D eigenvalue weighted by Crippen LogP contribution is -2.53. The maximum Gasteiger partial charge on any atom is 0.255 e. The van der Waals surface area contributed by atoms with E-state index in [1.54, 1.807) is 63.4 Å². The van der Waals surface area contributed by atoms with Crippen molar-refractivity contribution in [3.05, 3.63) is 94.9 Å². The van der Waals surface area contributed by atoms with E-state index in [4.69, 9.17) is 0 Å². The Labute approximate surface area is 356 Å². The summed E-state index contributed by atoms with van der Waals surface area (Å²) in [7, 11) is -3.70. The van der Waals surface area contributed by atoms with Crippen molar-refractivity contribution in [1.29, 1.82) is 0 Å². The Morgan fingerprint density at radius 1 is 0.885 bits per heavy atom. The Morgan fingerprint density at radius 2 is 1.62 bits per heavy atom. The molecule has 0 saturated carbocycles. The van der Waals surface area contributed by atoms with Crippen LogP contribution in [0.3, 0.4) is 0 Å². The smallest absolute Gasteiger partial charge is 0.255 e. The first-order valence-electron chi connectivity index (χ1n) is 20.9. The molecule has 3 saturated heterocycles. The number of nitrogens with one attached hydrogen (secondary N) is 4. The van der Waals surface area contributed by atoms with Crippen molar-refractivity contribution in [3.63, 3.8) is 0 Å². The van der Waals surface area contributed by atoms with Crippen LogP contribution in [0.4, 0.5) is 33.2 Å². The van der Waals surface area contributed by atoms with Gasteiger partial charge in [-0.2, -0.15) is 4.98 Å². The SMILES string of the molecule is Cc1cnc(Nc2ccc(N3CCC(N4CCN(Cc5ccc6c(c5F)CN(C5CCC(=O)NC5=O)C6=O)CC4)CC3)cc2)nc1Nc1cccc(S(=O)(=O)NC(C)(C)C)c1. The van der Waals surface area contributed by atoms with Crippen LogP contribution in [-0.2, 0) is 32.7 Å². The summed E-state index contributed by atoms with van der Waals surface area (Å²) in [5, 5.41) is 8.84. The van der Waals surface area contributed by atoms with Gasteiger partial charge in [0.2, 0.25) is 27.8 Å². The predicted octanol–water partition coefficient (Wildman–Crippen LogP) is 5.04. The second-order valence-corrected chi connectivity index (χ2v) is 19.1. The first-order chi connectivity index (χ1) is 29.1. The van der Waals surface area contributed by atoms with E-state index in [2.05, 4.69) is 57.5 Å². The van der Waals surface area contributed by atoms with E-state index < -0.39 is 27.5 Å². The Morgan fingerprint density at radius 3 is 2.33 bits per heavy atom. The Bertz CT molecular complexity index is 2430. The van der Waals surface area contributed by atoms with Gasteiger partial charge in [-0.05, 0) is 95.5 Å². The van der Waals surface area contributed by atoms with E-state index in [0.29, 0.717) is 46.7 Å². The third-order valence-electron chi connectivity index (χ3n) is 11.8. The normalized spacial score (nSPS) is 19.6. The number of piperazine rings is 1. The van der Waals surface area contributed by atoms with Crippen LogP contribution in [0.1, 0.15) is 73.5 Å². The van der Waals surface area contributed by atoms with Gasteiger partial charge in [-0.1, -0.05) is 12.1 Å². The summed E-state index contributed by atoms with van der Waals surface area (Å²) >= 11 is 0. The summed E-state index contributed by atoms with van der Waals surface area (Å²) in [5.41, 5.74) is 3.95. The third-order valence-corrected chi connectivity index (χ3v) is 13.6. The molecule has 3 aromatic carbocycles. The predicted molar refractivity (Wildman–Crippen MR) is 231 cm³/mol. The molecule has 1 atom stereocenters. The molecule has 4 N–H and O–H groups in total. The van der Waals surface area contributed by atoms with Gasteiger partial charge >= 0.3 is 0 Å². The zero-order valence-electron chi connectivity index (χ0n) is 35.0. The maximum absolute atomic E-state index is 15.8. The molecule has 0 bridgehead atoms. The number of hydrogen-bond donors (Lipinski definition) is 4. The summed E-state index contributed by atoms with van der Waals surface area (Å²) in [6.07, 6.45) is 4.22. The number of halogens is 1. The summed E-state index contributed by atoms with van der Waals surface area (Å²) in [6.45, 7) is 13.1. The third kappa shape index (κ3) is 9.54. The molecule has 0 aliphatic carbocycles. The number of anilines is 5. The largest absolute Gasteiger partial charge is 0.371 e. The second kappa shape index (κ2) is 17.1. The molecule has 1 unspecified atom stereocenters. The van der Waals surface area contributed by atoms with Gasteiger partial charge in [-0.15, -0.1) is 0 Å². The van der Waals surface area contributed by atoms with Crippen LogP contribution in [-0.4, -0.2) is 108 Å². The first kappa shape index (κ1) is 42.2. The summed E-state index contributed by atoms with van der Waals surface area (Å²) < 4.78 is 44.3.